The molecule has 0 saturated heterocycles. The molecule has 0 atom stereocenters. The van der Waals surface area contributed by atoms with Crippen LogP contribution in [0.5, 0.6) is 0 Å². The van der Waals surface area contributed by atoms with Crippen LogP contribution in [0, 0.1) is 0 Å². The number of rotatable bonds is 12. The average Bonchev–Trinajstić information content (AvgIpc) is 2.29. The van der Waals surface area contributed by atoms with Gasteiger partial charge in [0.1, 0.15) is 6.61 Å². The van der Waals surface area contributed by atoms with Crippen molar-refractivity contribution >= 4 is 14.6 Å². The molecule has 0 saturated carbocycles. The summed E-state index contributed by atoms with van der Waals surface area (Å²) in [6.07, 6.45) is 0.777. The first-order valence-electron chi connectivity index (χ1n) is 6.59. The Balaban J connectivity index is 4.08. The minimum absolute atomic E-state index is 0.0398. The van der Waals surface area contributed by atoms with Crippen LogP contribution in [0.25, 0.3) is 0 Å². The summed E-state index contributed by atoms with van der Waals surface area (Å²) in [7, 11) is -2.54. The Kier molecular flexibility index (Phi) is 10.5. The Bertz CT molecular complexity index is 205. The van der Waals surface area contributed by atoms with E-state index in [4.69, 9.17) is 18.0 Å². The van der Waals surface area contributed by atoms with Crippen LogP contribution in [-0.2, 0) is 22.8 Å². The summed E-state index contributed by atoms with van der Waals surface area (Å²) in [5, 5.41) is 0. The lowest BCUT2D eigenvalue weighted by Gasteiger charge is -2.28. The van der Waals surface area contributed by atoms with Gasteiger partial charge in [-0.15, -0.1) is 0 Å². The fourth-order valence-electron chi connectivity index (χ4n) is 1.61. The summed E-state index contributed by atoms with van der Waals surface area (Å²) >= 11 is 0. The summed E-state index contributed by atoms with van der Waals surface area (Å²) in [4.78, 5) is 10.7. The summed E-state index contributed by atoms with van der Waals surface area (Å²) < 4.78 is 22.4. The highest BCUT2D eigenvalue weighted by Gasteiger charge is 2.39. The Morgan fingerprint density at radius 3 is 1.89 bits per heavy atom. The van der Waals surface area contributed by atoms with Crippen LogP contribution in [0.3, 0.4) is 0 Å². The van der Waals surface area contributed by atoms with Crippen LogP contribution in [0.15, 0.2) is 0 Å². The van der Waals surface area contributed by atoms with Gasteiger partial charge in [0.15, 0.2) is 5.78 Å². The van der Waals surface area contributed by atoms with Crippen LogP contribution >= 0.6 is 0 Å². The van der Waals surface area contributed by atoms with Gasteiger partial charge >= 0.3 is 8.80 Å². The van der Waals surface area contributed by atoms with E-state index in [2.05, 4.69) is 0 Å². The SMILES string of the molecule is CCO[Si](CCCOCC(C)=O)(OCC)OCC. The van der Waals surface area contributed by atoms with Crippen molar-refractivity contribution in [2.45, 2.75) is 40.2 Å². The van der Waals surface area contributed by atoms with E-state index in [1.54, 1.807) is 0 Å². The number of ketones is 1. The van der Waals surface area contributed by atoms with E-state index in [1.807, 2.05) is 20.8 Å². The standard InChI is InChI=1S/C12H26O5Si/c1-5-15-18(16-6-2,17-7-3)10-8-9-14-11-12(4)13/h5-11H2,1-4H3. The minimum Gasteiger partial charge on any atom is -0.374 e. The highest BCUT2D eigenvalue weighted by molar-refractivity contribution is 6.60. The zero-order valence-electron chi connectivity index (χ0n) is 12.0. The molecule has 0 spiro atoms. The first kappa shape index (κ1) is 17.7. The van der Waals surface area contributed by atoms with Gasteiger partial charge in [0.25, 0.3) is 0 Å². The van der Waals surface area contributed by atoms with Crippen molar-refractivity contribution in [1.82, 2.24) is 0 Å². The first-order valence-corrected chi connectivity index (χ1v) is 8.52. The van der Waals surface area contributed by atoms with Crippen molar-refractivity contribution in [2.24, 2.45) is 0 Å². The fourth-order valence-corrected chi connectivity index (χ4v) is 4.19. The summed E-state index contributed by atoms with van der Waals surface area (Å²) in [6.45, 7) is 9.78. The fraction of sp³-hybridized carbons (Fsp3) is 0.917. The maximum atomic E-state index is 10.7. The summed E-state index contributed by atoms with van der Waals surface area (Å²) in [5.74, 6) is 0.0398. The van der Waals surface area contributed by atoms with Crippen molar-refractivity contribution in [3.05, 3.63) is 0 Å². The second-order valence-electron chi connectivity index (χ2n) is 3.84. The lowest BCUT2D eigenvalue weighted by molar-refractivity contribution is -0.121. The Morgan fingerprint density at radius 2 is 1.50 bits per heavy atom. The third-order valence-corrected chi connectivity index (χ3v) is 5.32. The van der Waals surface area contributed by atoms with E-state index in [9.17, 15) is 4.79 Å². The molecule has 0 aliphatic heterocycles. The summed E-state index contributed by atoms with van der Waals surface area (Å²) in [6, 6.07) is 0.723. The Labute approximate surface area is 111 Å². The quantitative estimate of drug-likeness (QED) is 0.404. The maximum Gasteiger partial charge on any atom is 0.501 e. The van der Waals surface area contributed by atoms with E-state index in [0.717, 1.165) is 12.5 Å². The predicted octanol–water partition coefficient (Wildman–Crippen LogP) is 2.03. The van der Waals surface area contributed by atoms with Crippen LogP contribution < -0.4 is 0 Å². The van der Waals surface area contributed by atoms with E-state index >= 15 is 0 Å². The molecule has 0 fully saturated rings. The van der Waals surface area contributed by atoms with Gasteiger partial charge in [0.05, 0.1) is 0 Å². The maximum absolute atomic E-state index is 10.7. The number of carbonyl (C=O) groups is 1. The molecule has 5 nitrogen and oxygen atoms in total. The Hall–Kier alpha value is -0.273. The second-order valence-corrected chi connectivity index (χ2v) is 6.57. The molecule has 6 heteroatoms. The molecule has 18 heavy (non-hydrogen) atoms. The van der Waals surface area contributed by atoms with E-state index in [0.29, 0.717) is 26.4 Å². The molecule has 0 radical (unpaired) electrons. The van der Waals surface area contributed by atoms with Gasteiger partial charge in [-0.2, -0.15) is 0 Å². The number of hydrogen-bond acceptors (Lipinski definition) is 5. The van der Waals surface area contributed by atoms with Crippen molar-refractivity contribution in [3.63, 3.8) is 0 Å². The number of Topliss-reactive ketones (excluding diaryl/α,β-unsaturated/α-hetero) is 1. The van der Waals surface area contributed by atoms with Gasteiger partial charge in [-0.1, -0.05) is 0 Å². The van der Waals surface area contributed by atoms with E-state index in [-0.39, 0.29) is 12.4 Å². The molecular formula is C12H26O5Si. The normalized spacial score (nSPS) is 11.8. The molecule has 108 valence electrons. The van der Waals surface area contributed by atoms with Crippen LogP contribution in [0.2, 0.25) is 6.04 Å². The molecule has 0 unspecified atom stereocenters. The van der Waals surface area contributed by atoms with Crippen LogP contribution in [-0.4, -0.2) is 47.6 Å². The molecule has 0 aromatic carbocycles. The number of ether oxygens (including phenoxy) is 1. The third kappa shape index (κ3) is 7.94. The smallest absolute Gasteiger partial charge is 0.374 e. The van der Waals surface area contributed by atoms with Gasteiger partial charge in [-0.25, -0.2) is 0 Å². The molecule has 0 bridgehead atoms. The van der Waals surface area contributed by atoms with Gasteiger partial charge in [0.2, 0.25) is 0 Å². The van der Waals surface area contributed by atoms with Crippen molar-refractivity contribution in [2.75, 3.05) is 33.0 Å². The van der Waals surface area contributed by atoms with Crippen LogP contribution in [0.1, 0.15) is 34.1 Å². The van der Waals surface area contributed by atoms with Crippen molar-refractivity contribution in [3.8, 4) is 0 Å². The van der Waals surface area contributed by atoms with Crippen molar-refractivity contribution in [1.29, 1.82) is 0 Å². The first-order chi connectivity index (χ1) is 8.60. The van der Waals surface area contributed by atoms with Gasteiger partial charge in [-0.3, -0.25) is 4.79 Å². The number of hydrogen-bond donors (Lipinski definition) is 0. The average molecular weight is 278 g/mol. The number of carbonyl (C=O) groups excluding carboxylic acids is 1. The molecule has 0 rings (SSSR count). The monoisotopic (exact) mass is 278 g/mol. The minimum atomic E-state index is -2.54. The van der Waals surface area contributed by atoms with E-state index in [1.165, 1.54) is 6.92 Å². The largest absolute Gasteiger partial charge is 0.501 e. The third-order valence-electron chi connectivity index (χ3n) is 2.17. The predicted molar refractivity (Wildman–Crippen MR) is 71.6 cm³/mol. The molecular weight excluding hydrogens is 252 g/mol. The topological polar surface area (TPSA) is 54.0 Å². The lowest BCUT2D eigenvalue weighted by Crippen LogP contribution is -2.46. The molecule has 0 heterocycles. The second kappa shape index (κ2) is 10.6. The zero-order chi connectivity index (χ0) is 13.9. The highest BCUT2D eigenvalue weighted by Crippen LogP contribution is 2.18. The zero-order valence-corrected chi connectivity index (χ0v) is 13.0. The van der Waals surface area contributed by atoms with Gasteiger partial charge in [-0.05, 0) is 34.1 Å². The molecule has 0 aliphatic carbocycles. The van der Waals surface area contributed by atoms with Gasteiger partial charge < -0.3 is 18.0 Å². The van der Waals surface area contributed by atoms with Crippen LogP contribution in [0.4, 0.5) is 0 Å². The lowest BCUT2D eigenvalue weighted by atomic mass is 10.5. The highest BCUT2D eigenvalue weighted by atomic mass is 28.4. The Morgan fingerprint density at radius 1 is 1.00 bits per heavy atom. The van der Waals surface area contributed by atoms with Gasteiger partial charge in [0, 0.05) is 32.5 Å². The van der Waals surface area contributed by atoms with E-state index < -0.39 is 8.80 Å². The molecule has 0 aliphatic rings. The molecule has 0 aromatic heterocycles. The molecule has 0 N–H and O–H groups in total. The molecule has 0 aromatic rings. The molecule has 0 amide bonds. The summed E-state index contributed by atoms with van der Waals surface area (Å²) in [5.41, 5.74) is 0. The van der Waals surface area contributed by atoms with Crippen molar-refractivity contribution < 1.29 is 22.8 Å².